The van der Waals surface area contributed by atoms with Crippen LogP contribution in [0.4, 0.5) is 0 Å². The van der Waals surface area contributed by atoms with E-state index < -0.39 is 0 Å². The molecule has 2 rings (SSSR count). The van der Waals surface area contributed by atoms with Crippen LogP contribution in [0, 0.1) is 5.92 Å². The first-order valence-corrected chi connectivity index (χ1v) is 8.77. The molecular weight excluding hydrogens is 411 g/mol. The summed E-state index contributed by atoms with van der Waals surface area (Å²) < 4.78 is 0. The predicted molar refractivity (Wildman–Crippen MR) is 114 cm³/mol. The molecule has 1 aliphatic rings. The molecule has 0 aliphatic heterocycles. The summed E-state index contributed by atoms with van der Waals surface area (Å²) in [6, 6.07) is 10.5. The molecule has 0 radical (unpaired) electrons. The number of likely N-dealkylation sites (N-methyl/N-ethyl adjacent to an activating group) is 1. The lowest BCUT2D eigenvalue weighted by molar-refractivity contribution is 0.0845. The Kier molecular flexibility index (Phi) is 9.05. The van der Waals surface area contributed by atoms with E-state index in [-0.39, 0.29) is 29.5 Å². The molecule has 1 aromatic carbocycles. The maximum atomic E-state index is 6.07. The molecule has 3 N–H and O–H groups in total. The molecule has 4 nitrogen and oxygen atoms in total. The van der Waals surface area contributed by atoms with E-state index in [9.17, 15) is 0 Å². The molecule has 0 amide bonds. The SMILES string of the molecule is CC1CCCC(CN=C(N)NCCc2ccccc2)(N(C)C)C1.I. The van der Waals surface area contributed by atoms with Gasteiger partial charge in [0.2, 0.25) is 0 Å². The lowest BCUT2D eigenvalue weighted by atomic mass is 9.75. The Balaban J connectivity index is 0.00000288. The van der Waals surface area contributed by atoms with Crippen LogP contribution >= 0.6 is 24.0 Å². The molecule has 24 heavy (non-hydrogen) atoms. The van der Waals surface area contributed by atoms with E-state index in [1.54, 1.807) is 0 Å². The fraction of sp³-hybridized carbons (Fsp3) is 0.632. The molecule has 2 atom stereocenters. The second kappa shape index (κ2) is 10.2. The summed E-state index contributed by atoms with van der Waals surface area (Å²) in [7, 11) is 4.35. The van der Waals surface area contributed by atoms with Crippen LogP contribution in [0.1, 0.15) is 38.2 Å². The molecule has 5 heteroatoms. The van der Waals surface area contributed by atoms with Crippen molar-refractivity contribution in [3.8, 4) is 0 Å². The summed E-state index contributed by atoms with van der Waals surface area (Å²) in [4.78, 5) is 7.00. The van der Waals surface area contributed by atoms with E-state index in [0.717, 1.165) is 25.4 Å². The van der Waals surface area contributed by atoms with E-state index in [4.69, 9.17) is 5.73 Å². The first-order valence-electron chi connectivity index (χ1n) is 8.77. The number of nitrogens with two attached hydrogens (primary N) is 1. The zero-order valence-corrected chi connectivity index (χ0v) is 17.6. The molecule has 0 bridgehead atoms. The van der Waals surface area contributed by atoms with E-state index in [1.807, 2.05) is 6.07 Å². The van der Waals surface area contributed by atoms with Crippen molar-refractivity contribution < 1.29 is 0 Å². The van der Waals surface area contributed by atoms with Gasteiger partial charge in [0.05, 0.1) is 6.54 Å². The standard InChI is InChI=1S/C19H32N4.HI/c1-16-8-7-12-19(14-16,23(2)3)15-22-18(20)21-13-11-17-9-5-4-6-10-17;/h4-6,9-10,16H,7-8,11-15H2,1-3H3,(H3,20,21,22);1H. The van der Waals surface area contributed by atoms with Crippen LogP contribution in [0.5, 0.6) is 0 Å². The number of halogens is 1. The van der Waals surface area contributed by atoms with Gasteiger partial charge in [-0.2, -0.15) is 0 Å². The lowest BCUT2D eigenvalue weighted by Crippen LogP contribution is -2.50. The lowest BCUT2D eigenvalue weighted by Gasteiger charge is -2.44. The van der Waals surface area contributed by atoms with Crippen LogP contribution in [-0.2, 0) is 6.42 Å². The highest BCUT2D eigenvalue weighted by atomic mass is 127. The summed E-state index contributed by atoms with van der Waals surface area (Å²) in [6.45, 7) is 3.96. The van der Waals surface area contributed by atoms with Gasteiger partial charge in [-0.05, 0) is 44.8 Å². The van der Waals surface area contributed by atoms with Gasteiger partial charge in [0, 0.05) is 12.1 Å². The number of benzene rings is 1. The van der Waals surface area contributed by atoms with Gasteiger partial charge < -0.3 is 16.0 Å². The molecule has 1 aromatic rings. The van der Waals surface area contributed by atoms with E-state index in [2.05, 4.69) is 60.5 Å². The van der Waals surface area contributed by atoms with Gasteiger partial charge in [0.25, 0.3) is 0 Å². The van der Waals surface area contributed by atoms with Crippen LogP contribution in [0.2, 0.25) is 0 Å². The van der Waals surface area contributed by atoms with Crippen LogP contribution < -0.4 is 11.1 Å². The first kappa shape index (κ1) is 21.2. The molecular formula is C19H33IN4. The van der Waals surface area contributed by atoms with Crippen molar-refractivity contribution >= 4 is 29.9 Å². The Morgan fingerprint density at radius 2 is 2.04 bits per heavy atom. The summed E-state index contributed by atoms with van der Waals surface area (Å²) in [5.41, 5.74) is 7.56. The number of guanidine groups is 1. The average Bonchev–Trinajstić information content (AvgIpc) is 2.54. The number of nitrogens with zero attached hydrogens (tertiary/aromatic N) is 2. The molecule has 2 unspecified atom stereocenters. The number of hydrogen-bond donors (Lipinski definition) is 2. The Hall–Kier alpha value is -0.820. The van der Waals surface area contributed by atoms with Gasteiger partial charge in [0.1, 0.15) is 0 Å². The summed E-state index contributed by atoms with van der Waals surface area (Å²) in [6.07, 6.45) is 6.01. The Bertz CT molecular complexity index is 503. The maximum absolute atomic E-state index is 6.07. The van der Waals surface area contributed by atoms with Gasteiger partial charge in [0.15, 0.2) is 5.96 Å². The molecule has 136 valence electrons. The van der Waals surface area contributed by atoms with E-state index >= 15 is 0 Å². The minimum absolute atomic E-state index is 0. The van der Waals surface area contributed by atoms with Gasteiger partial charge in [-0.15, -0.1) is 24.0 Å². The van der Waals surface area contributed by atoms with Crippen molar-refractivity contribution in [1.82, 2.24) is 10.2 Å². The van der Waals surface area contributed by atoms with Crippen molar-refractivity contribution in [2.24, 2.45) is 16.6 Å². The summed E-state index contributed by atoms with van der Waals surface area (Å²) in [5.74, 6) is 1.34. The third-order valence-corrected chi connectivity index (χ3v) is 5.12. The van der Waals surface area contributed by atoms with E-state index in [1.165, 1.54) is 31.2 Å². The molecule has 1 saturated carbocycles. The molecule has 1 aliphatic carbocycles. The van der Waals surface area contributed by atoms with Crippen LogP contribution in [0.3, 0.4) is 0 Å². The third kappa shape index (κ3) is 6.24. The van der Waals surface area contributed by atoms with Crippen LogP contribution in [0.25, 0.3) is 0 Å². The number of nitrogens with one attached hydrogen (secondary N) is 1. The second-order valence-electron chi connectivity index (χ2n) is 7.18. The van der Waals surface area contributed by atoms with Crippen molar-refractivity contribution in [1.29, 1.82) is 0 Å². The molecule has 0 aromatic heterocycles. The summed E-state index contributed by atoms with van der Waals surface area (Å²) >= 11 is 0. The van der Waals surface area contributed by atoms with Crippen molar-refractivity contribution in [3.63, 3.8) is 0 Å². The topological polar surface area (TPSA) is 53.6 Å². The highest BCUT2D eigenvalue weighted by Crippen LogP contribution is 2.35. The van der Waals surface area contributed by atoms with Crippen molar-refractivity contribution in [2.45, 2.75) is 44.6 Å². The third-order valence-electron chi connectivity index (χ3n) is 5.12. The zero-order chi connectivity index (χ0) is 16.7. The van der Waals surface area contributed by atoms with Gasteiger partial charge >= 0.3 is 0 Å². The molecule has 0 saturated heterocycles. The molecule has 1 fully saturated rings. The number of rotatable bonds is 6. The molecule has 0 heterocycles. The first-order chi connectivity index (χ1) is 11.0. The monoisotopic (exact) mass is 444 g/mol. The van der Waals surface area contributed by atoms with Gasteiger partial charge in [-0.3, -0.25) is 4.99 Å². The van der Waals surface area contributed by atoms with Crippen molar-refractivity contribution in [3.05, 3.63) is 35.9 Å². The normalized spacial score (nSPS) is 24.5. The fourth-order valence-electron chi connectivity index (χ4n) is 3.59. The summed E-state index contributed by atoms with van der Waals surface area (Å²) in [5, 5.41) is 3.25. The minimum Gasteiger partial charge on any atom is -0.370 e. The second-order valence-corrected chi connectivity index (χ2v) is 7.18. The number of hydrogen-bond acceptors (Lipinski definition) is 2. The predicted octanol–water partition coefficient (Wildman–Crippen LogP) is 3.26. The van der Waals surface area contributed by atoms with Crippen LogP contribution in [0.15, 0.2) is 35.3 Å². The Labute approximate surface area is 164 Å². The largest absolute Gasteiger partial charge is 0.370 e. The van der Waals surface area contributed by atoms with Crippen LogP contribution in [-0.4, -0.2) is 43.6 Å². The highest BCUT2D eigenvalue weighted by molar-refractivity contribution is 14.0. The fourth-order valence-corrected chi connectivity index (χ4v) is 3.59. The Morgan fingerprint density at radius 3 is 2.67 bits per heavy atom. The van der Waals surface area contributed by atoms with Gasteiger partial charge in [-0.1, -0.05) is 50.1 Å². The number of aliphatic imine (C=N–C) groups is 1. The average molecular weight is 444 g/mol. The van der Waals surface area contributed by atoms with E-state index in [0.29, 0.717) is 5.96 Å². The van der Waals surface area contributed by atoms with Gasteiger partial charge in [-0.25, -0.2) is 0 Å². The quantitative estimate of drug-likeness (QED) is 0.403. The molecule has 0 spiro atoms. The zero-order valence-electron chi connectivity index (χ0n) is 15.3. The Morgan fingerprint density at radius 1 is 1.33 bits per heavy atom. The maximum Gasteiger partial charge on any atom is 0.188 e. The van der Waals surface area contributed by atoms with Crippen molar-refractivity contribution in [2.75, 3.05) is 27.2 Å². The minimum atomic E-state index is 0. The smallest absolute Gasteiger partial charge is 0.188 e. The highest BCUT2D eigenvalue weighted by Gasteiger charge is 2.36.